The molecule has 0 aliphatic carbocycles. The molecule has 0 spiro atoms. The second-order valence-electron chi connectivity index (χ2n) is 3.91. The topological polar surface area (TPSA) is 71.3 Å². The molecule has 0 fully saturated rings. The molecule has 0 bridgehead atoms. The predicted octanol–water partition coefficient (Wildman–Crippen LogP) is 2.13. The Morgan fingerprint density at radius 2 is 2.11 bits per heavy atom. The van der Waals surface area contributed by atoms with Gasteiger partial charge in [0, 0.05) is 13.0 Å². The summed E-state index contributed by atoms with van der Waals surface area (Å²) in [4.78, 5) is 12.0. The molecule has 0 radical (unpaired) electrons. The van der Waals surface area contributed by atoms with Crippen LogP contribution in [0.3, 0.4) is 0 Å². The standard InChI is InChI=1S/C14H18N2O3/c1-18-12-8-6-7-11(13(12)19-2)14(17)16-10-5-3-4-9-15/h6-8H,3-5,10H2,1-2H3,(H,16,17). The lowest BCUT2D eigenvalue weighted by Gasteiger charge is -2.12. The number of ether oxygens (including phenoxy) is 2. The molecule has 19 heavy (non-hydrogen) atoms. The van der Waals surface area contributed by atoms with E-state index in [2.05, 4.69) is 11.4 Å². The van der Waals surface area contributed by atoms with E-state index in [1.807, 2.05) is 0 Å². The molecule has 0 unspecified atom stereocenters. The third kappa shape index (κ3) is 4.18. The summed E-state index contributed by atoms with van der Waals surface area (Å²) in [6.45, 7) is 0.543. The van der Waals surface area contributed by atoms with Gasteiger partial charge in [0.05, 0.1) is 25.9 Å². The zero-order valence-electron chi connectivity index (χ0n) is 11.2. The van der Waals surface area contributed by atoms with Crippen molar-refractivity contribution in [3.63, 3.8) is 0 Å². The van der Waals surface area contributed by atoms with Crippen molar-refractivity contribution < 1.29 is 14.3 Å². The predicted molar refractivity (Wildman–Crippen MR) is 71.3 cm³/mol. The molecule has 0 saturated heterocycles. The highest BCUT2D eigenvalue weighted by Crippen LogP contribution is 2.30. The fraction of sp³-hybridized carbons (Fsp3) is 0.429. The third-order valence-electron chi connectivity index (χ3n) is 2.65. The average Bonchev–Trinajstić information content (AvgIpc) is 2.45. The van der Waals surface area contributed by atoms with E-state index in [4.69, 9.17) is 14.7 Å². The molecule has 0 aliphatic rings. The van der Waals surface area contributed by atoms with Crippen LogP contribution in [-0.2, 0) is 0 Å². The fourth-order valence-electron chi connectivity index (χ4n) is 1.69. The number of unbranched alkanes of at least 4 members (excludes halogenated alkanes) is 2. The number of nitriles is 1. The number of para-hydroxylation sites is 1. The summed E-state index contributed by atoms with van der Waals surface area (Å²) in [5.41, 5.74) is 0.446. The highest BCUT2D eigenvalue weighted by Gasteiger charge is 2.15. The highest BCUT2D eigenvalue weighted by atomic mass is 16.5. The molecule has 1 N–H and O–H groups in total. The van der Waals surface area contributed by atoms with Gasteiger partial charge in [-0.25, -0.2) is 0 Å². The van der Waals surface area contributed by atoms with Gasteiger partial charge in [-0.15, -0.1) is 0 Å². The number of carbonyl (C=O) groups excluding carboxylic acids is 1. The number of carbonyl (C=O) groups is 1. The molecule has 1 aromatic rings. The van der Waals surface area contributed by atoms with Crippen LogP contribution in [0.4, 0.5) is 0 Å². The Hall–Kier alpha value is -2.22. The molecule has 1 amide bonds. The molecule has 1 rings (SSSR count). The minimum atomic E-state index is -0.201. The van der Waals surface area contributed by atoms with Crippen LogP contribution in [0.1, 0.15) is 29.6 Å². The van der Waals surface area contributed by atoms with Gasteiger partial charge < -0.3 is 14.8 Å². The second kappa shape index (κ2) is 7.98. The van der Waals surface area contributed by atoms with Gasteiger partial charge in [0.2, 0.25) is 0 Å². The fourth-order valence-corrected chi connectivity index (χ4v) is 1.69. The van der Waals surface area contributed by atoms with Crippen LogP contribution < -0.4 is 14.8 Å². The Kier molecular flexibility index (Phi) is 6.23. The average molecular weight is 262 g/mol. The Labute approximate surface area is 113 Å². The first kappa shape index (κ1) is 14.8. The van der Waals surface area contributed by atoms with Gasteiger partial charge in [0.25, 0.3) is 5.91 Å². The molecule has 0 heterocycles. The van der Waals surface area contributed by atoms with Crippen molar-refractivity contribution in [3.8, 4) is 17.6 Å². The van der Waals surface area contributed by atoms with Crippen molar-refractivity contribution >= 4 is 5.91 Å². The van der Waals surface area contributed by atoms with Gasteiger partial charge in [-0.1, -0.05) is 6.07 Å². The van der Waals surface area contributed by atoms with E-state index >= 15 is 0 Å². The maximum atomic E-state index is 12.0. The lowest BCUT2D eigenvalue weighted by atomic mass is 10.1. The number of nitrogens with one attached hydrogen (secondary N) is 1. The van der Waals surface area contributed by atoms with Crippen LogP contribution in [0.15, 0.2) is 18.2 Å². The first-order valence-corrected chi connectivity index (χ1v) is 6.10. The number of nitrogens with zero attached hydrogens (tertiary/aromatic N) is 1. The van der Waals surface area contributed by atoms with Crippen LogP contribution in [-0.4, -0.2) is 26.7 Å². The van der Waals surface area contributed by atoms with Crippen molar-refractivity contribution in [2.24, 2.45) is 0 Å². The van der Waals surface area contributed by atoms with E-state index in [9.17, 15) is 4.79 Å². The minimum absolute atomic E-state index is 0.201. The third-order valence-corrected chi connectivity index (χ3v) is 2.65. The number of benzene rings is 1. The van der Waals surface area contributed by atoms with Crippen LogP contribution in [0.2, 0.25) is 0 Å². The maximum absolute atomic E-state index is 12.0. The van der Waals surface area contributed by atoms with E-state index in [0.717, 1.165) is 12.8 Å². The highest BCUT2D eigenvalue weighted by molar-refractivity contribution is 5.97. The molecule has 5 nitrogen and oxygen atoms in total. The summed E-state index contributed by atoms with van der Waals surface area (Å²) in [7, 11) is 3.03. The second-order valence-corrected chi connectivity index (χ2v) is 3.91. The zero-order valence-corrected chi connectivity index (χ0v) is 11.2. The normalized spacial score (nSPS) is 9.53. The quantitative estimate of drug-likeness (QED) is 0.764. The lowest BCUT2D eigenvalue weighted by Crippen LogP contribution is -2.25. The minimum Gasteiger partial charge on any atom is -0.493 e. The van der Waals surface area contributed by atoms with E-state index in [-0.39, 0.29) is 5.91 Å². The van der Waals surface area contributed by atoms with Crippen molar-refractivity contribution in [1.82, 2.24) is 5.32 Å². The van der Waals surface area contributed by atoms with E-state index in [0.29, 0.717) is 30.0 Å². The van der Waals surface area contributed by atoms with E-state index in [1.165, 1.54) is 14.2 Å². The summed E-state index contributed by atoms with van der Waals surface area (Å²) >= 11 is 0. The zero-order chi connectivity index (χ0) is 14.1. The molecule has 1 aromatic carbocycles. The van der Waals surface area contributed by atoms with Crippen molar-refractivity contribution in [2.75, 3.05) is 20.8 Å². The van der Waals surface area contributed by atoms with Crippen molar-refractivity contribution in [1.29, 1.82) is 5.26 Å². The van der Waals surface area contributed by atoms with Crippen LogP contribution >= 0.6 is 0 Å². The first-order chi connectivity index (χ1) is 9.24. The number of rotatable bonds is 7. The van der Waals surface area contributed by atoms with Gasteiger partial charge in [-0.05, 0) is 25.0 Å². The number of hydrogen-bond acceptors (Lipinski definition) is 4. The molecule has 0 saturated carbocycles. The van der Waals surface area contributed by atoms with Crippen molar-refractivity contribution in [3.05, 3.63) is 23.8 Å². The van der Waals surface area contributed by atoms with Crippen LogP contribution in [0, 0.1) is 11.3 Å². The summed E-state index contributed by atoms with van der Waals surface area (Å²) in [6.07, 6.45) is 2.08. The molecular weight excluding hydrogens is 244 g/mol. The maximum Gasteiger partial charge on any atom is 0.255 e. The van der Waals surface area contributed by atoms with Gasteiger partial charge in [-0.2, -0.15) is 5.26 Å². The smallest absolute Gasteiger partial charge is 0.255 e. The van der Waals surface area contributed by atoms with Crippen molar-refractivity contribution in [2.45, 2.75) is 19.3 Å². The molecular formula is C14H18N2O3. The molecule has 0 atom stereocenters. The summed E-state index contributed by atoms with van der Waals surface area (Å²) in [5.74, 6) is 0.756. The lowest BCUT2D eigenvalue weighted by molar-refractivity contribution is 0.0949. The van der Waals surface area contributed by atoms with Crippen LogP contribution in [0.25, 0.3) is 0 Å². The molecule has 5 heteroatoms. The number of methoxy groups -OCH3 is 2. The van der Waals surface area contributed by atoms with Gasteiger partial charge >= 0.3 is 0 Å². The summed E-state index contributed by atoms with van der Waals surface area (Å²) in [6, 6.07) is 7.24. The van der Waals surface area contributed by atoms with Gasteiger partial charge in [0.15, 0.2) is 11.5 Å². The number of hydrogen-bond donors (Lipinski definition) is 1. The van der Waals surface area contributed by atoms with Gasteiger partial charge in [0.1, 0.15) is 0 Å². The molecule has 102 valence electrons. The van der Waals surface area contributed by atoms with Crippen LogP contribution in [0.5, 0.6) is 11.5 Å². The summed E-state index contributed by atoms with van der Waals surface area (Å²) in [5, 5.41) is 11.2. The van der Waals surface area contributed by atoms with E-state index < -0.39 is 0 Å². The monoisotopic (exact) mass is 262 g/mol. The SMILES string of the molecule is COc1cccc(C(=O)NCCCCC#N)c1OC. The number of amides is 1. The summed E-state index contributed by atoms with van der Waals surface area (Å²) < 4.78 is 10.3. The Morgan fingerprint density at radius 3 is 2.74 bits per heavy atom. The molecule has 0 aromatic heterocycles. The first-order valence-electron chi connectivity index (χ1n) is 6.10. The Bertz CT molecular complexity index is 466. The Morgan fingerprint density at radius 1 is 1.32 bits per heavy atom. The largest absolute Gasteiger partial charge is 0.493 e. The van der Waals surface area contributed by atoms with E-state index in [1.54, 1.807) is 18.2 Å². The Balaban J connectivity index is 2.64. The van der Waals surface area contributed by atoms with Gasteiger partial charge in [-0.3, -0.25) is 4.79 Å². The molecule has 0 aliphatic heterocycles.